The predicted octanol–water partition coefficient (Wildman–Crippen LogP) is 9.30. The molecule has 22 nitrogen and oxygen atoms in total. The maximum Gasteiger partial charge on any atom is 0.446 e. The van der Waals surface area contributed by atoms with Gasteiger partial charge in [-0.3, -0.25) is 43.2 Å². The number of alkyl halides is 9. The normalized spacial score (nSPS) is 23.3. The van der Waals surface area contributed by atoms with Crippen molar-refractivity contribution in [3.63, 3.8) is 0 Å². The molecule has 4 N–H and O–H groups in total. The Morgan fingerprint density at radius 2 is 0.807 bits per heavy atom. The first-order valence-electron chi connectivity index (χ1n) is 33.4. The van der Waals surface area contributed by atoms with Crippen LogP contribution in [0, 0.1) is 52.7 Å². The number of carboxylic acids is 1. The van der Waals surface area contributed by atoms with E-state index < -0.39 is 248 Å². The lowest BCUT2D eigenvalue weighted by Crippen LogP contribution is -2.56. The summed E-state index contributed by atoms with van der Waals surface area (Å²) >= 11 is 0. The van der Waals surface area contributed by atoms with Crippen molar-refractivity contribution in [1.29, 1.82) is 0 Å². The zero-order valence-electron chi connectivity index (χ0n) is 55.9. The standard InChI is InChI=1S/C28H22F5N3O4.C21H16F5N3O4.C21H18F2N2O5.C2HF3O/c29-15-6-20(30)17(21(31)7-15)10-34-26(38)18-11-35-12-22-19-8-16(9-28(19,32)33)36(22)27(39)23(35)25(24(18)37)40-13-14-4-2-1-3-5-14;22-8-1-13(23)10(14(24)2-8)5-27-19(32)11-6-28-7-15-12-3-9(4-21(12,25)26)29(15)20(33)16(28)18(31)17(11)30;22-21(23)7-12-6-14(21)15-9-24-8-13(20(28)29)17(26)18(16(24)19(27)25(12)15)30-10-11-4-2-1-3-5-11;3-2(4,5)1-6/h1-7,11,16,19,22H,8-10,12-13H2,(H,34,38);1-2,6,9,12,15,31H,3-5,7H2,(H,27,32);1-5,8,12,14-15H,6-7,9-10H2,(H,28,29);1H/t16-,19?,22+;9-,12?,15+;12-,14?,15+;/m111./s1. The minimum absolute atomic E-state index is 0.0000863. The van der Waals surface area contributed by atoms with Crippen molar-refractivity contribution in [2.24, 2.45) is 17.8 Å². The highest BCUT2D eigenvalue weighted by Gasteiger charge is 2.67. The number of carboxylic acid groups (broad SMARTS) is 1. The van der Waals surface area contributed by atoms with Crippen molar-refractivity contribution in [3.8, 4) is 17.2 Å². The third kappa shape index (κ3) is 14.0. The smallest absolute Gasteiger partial charge is 0.446 e. The zero-order chi connectivity index (χ0) is 78.6. The van der Waals surface area contributed by atoms with E-state index in [1.54, 1.807) is 54.6 Å². The molecule has 3 aromatic heterocycles. The number of benzene rings is 4. The Morgan fingerprint density at radius 1 is 0.495 bits per heavy atom. The van der Waals surface area contributed by atoms with Crippen LogP contribution in [-0.4, -0.2) is 141 Å². The number of pyridine rings is 3. The number of amides is 5. The number of rotatable bonds is 13. The largest absolute Gasteiger partial charge is 0.503 e. The molecule has 5 amide bonds. The molecule has 0 spiro atoms. The average Bonchev–Trinajstić information content (AvgIpc) is 1.60. The lowest BCUT2D eigenvalue weighted by atomic mass is 9.92. The number of aldehydes is 1. The van der Waals surface area contributed by atoms with Crippen LogP contribution in [0.3, 0.4) is 0 Å². The van der Waals surface area contributed by atoms with Crippen LogP contribution in [0.25, 0.3) is 0 Å². The summed E-state index contributed by atoms with van der Waals surface area (Å²) < 4.78 is 214. The second-order valence-electron chi connectivity index (χ2n) is 27.4. The van der Waals surface area contributed by atoms with E-state index in [0.29, 0.717) is 29.8 Å². The van der Waals surface area contributed by atoms with Gasteiger partial charge in [0.15, 0.2) is 34.3 Å². The number of aromatic hydroxyl groups is 1. The van der Waals surface area contributed by atoms with E-state index in [1.165, 1.54) is 23.8 Å². The summed E-state index contributed by atoms with van der Waals surface area (Å²) in [6, 6.07) is 15.0. The highest BCUT2D eigenvalue weighted by Crippen LogP contribution is 2.57. The van der Waals surface area contributed by atoms with Gasteiger partial charge in [-0.2, -0.15) is 13.2 Å². The van der Waals surface area contributed by atoms with Crippen LogP contribution in [0.1, 0.15) is 123 Å². The monoisotopic (exact) mass is 1540 g/mol. The summed E-state index contributed by atoms with van der Waals surface area (Å²) in [5, 5.41) is 24.1. The molecule has 109 heavy (non-hydrogen) atoms. The van der Waals surface area contributed by atoms with Crippen LogP contribution < -0.4 is 36.4 Å². The van der Waals surface area contributed by atoms with E-state index in [9.17, 15) is 119 Å². The van der Waals surface area contributed by atoms with Gasteiger partial charge in [0.2, 0.25) is 22.6 Å². The van der Waals surface area contributed by atoms with Crippen molar-refractivity contribution in [1.82, 2.24) is 39.0 Å². The molecule has 7 aromatic rings. The summed E-state index contributed by atoms with van der Waals surface area (Å²) in [7, 11) is 0. The number of nitrogens with zero attached hydrogens (tertiary/aromatic N) is 6. The molecule has 6 fully saturated rings. The van der Waals surface area contributed by atoms with E-state index in [1.807, 2.05) is 6.07 Å². The van der Waals surface area contributed by atoms with Crippen molar-refractivity contribution in [2.75, 3.05) is 0 Å². The summed E-state index contributed by atoms with van der Waals surface area (Å²) in [5.41, 5.74) is -5.25. The molecule has 37 heteroatoms. The van der Waals surface area contributed by atoms with E-state index in [4.69, 9.17) is 14.3 Å². The fourth-order valence-electron chi connectivity index (χ4n) is 16.2. The van der Waals surface area contributed by atoms with E-state index in [2.05, 4.69) is 10.6 Å². The topological polar surface area (TPSA) is 278 Å². The van der Waals surface area contributed by atoms with Crippen molar-refractivity contribution in [3.05, 3.63) is 225 Å². The van der Waals surface area contributed by atoms with Crippen LogP contribution in [0.4, 0.5) is 65.9 Å². The fraction of sp³-hybridized carbons (Fsp3) is 0.361. The average molecular weight is 1540 g/mol. The Morgan fingerprint density at radius 3 is 1.15 bits per heavy atom. The molecule has 0 radical (unpaired) electrons. The number of halogens is 15. The third-order valence-corrected chi connectivity index (χ3v) is 20.9. The molecule has 9 aliphatic rings. The van der Waals surface area contributed by atoms with Gasteiger partial charge >= 0.3 is 12.1 Å². The molecule has 6 bridgehead atoms. The van der Waals surface area contributed by atoms with Gasteiger partial charge in [-0.15, -0.1) is 0 Å². The number of hydrogen-bond acceptors (Lipinski definition) is 13. The van der Waals surface area contributed by atoms with Gasteiger partial charge in [-0.1, -0.05) is 60.7 Å². The highest BCUT2D eigenvalue weighted by molar-refractivity contribution is 6.01. The van der Waals surface area contributed by atoms with Gasteiger partial charge in [-0.05, 0) is 30.4 Å². The molecule has 9 atom stereocenters. The zero-order valence-corrected chi connectivity index (χ0v) is 55.9. The first-order chi connectivity index (χ1) is 51.4. The number of aromatic nitrogens is 3. The second kappa shape index (κ2) is 28.3. The second-order valence-corrected chi connectivity index (χ2v) is 27.4. The first-order valence-corrected chi connectivity index (χ1v) is 33.4. The molecule has 574 valence electrons. The minimum atomic E-state index is -4.64. The predicted molar refractivity (Wildman–Crippen MR) is 344 cm³/mol. The molecule has 9 heterocycles. The minimum Gasteiger partial charge on any atom is -0.503 e. The van der Waals surface area contributed by atoms with Gasteiger partial charge < -0.3 is 58.7 Å². The number of carbonyl (C=O) groups is 7. The third-order valence-electron chi connectivity index (χ3n) is 20.9. The Balaban J connectivity index is 0.000000140. The maximum atomic E-state index is 14.6. The Hall–Kier alpha value is -11.4. The summed E-state index contributed by atoms with van der Waals surface area (Å²) in [6.45, 7) is -1.85. The molecule has 6 aliphatic heterocycles. The molecule has 16 rings (SSSR count). The SMILES string of the molecule is O=C(NCc1c(F)cc(F)cc1F)c1cn2c(c(O)c1=O)C(=O)N1[C@@H]3CC([C@@H]1C2)C(F)(F)C3.O=C(NCc1c(F)cc(F)cc1F)c1cn2c(c(OCc3ccccc3)c1=O)C(=O)N1[C@@H]3CC([C@@H]1C2)C(F)(F)C3.O=C(O)c1cn2c(c(OCc3ccccc3)c1=O)C(=O)N1[C@@H]3CC([C@@H]1C2)C(F)(F)C3.O=CC(F)(F)F. The number of hydrogen-bond donors (Lipinski definition) is 4. The molecule has 3 saturated heterocycles. The highest BCUT2D eigenvalue weighted by atomic mass is 19.4. The number of ether oxygens (including phenoxy) is 2. The van der Waals surface area contributed by atoms with E-state index in [0.717, 1.165) is 28.7 Å². The first kappa shape index (κ1) is 75.8. The van der Waals surface area contributed by atoms with Crippen molar-refractivity contribution < 1.29 is 119 Å². The lowest BCUT2D eigenvalue weighted by molar-refractivity contribution is -0.156. The number of aromatic carboxylic acids is 1. The number of fused-ring (bicyclic) bond motifs is 18. The number of piperidine rings is 3. The summed E-state index contributed by atoms with van der Waals surface area (Å²) in [4.78, 5) is 129. The summed E-state index contributed by atoms with van der Waals surface area (Å²) in [5.74, 6) is -26.5. The molecular weight excluding hydrogens is 1490 g/mol. The summed E-state index contributed by atoms with van der Waals surface area (Å²) in [6.07, 6.45) is -3.49. The van der Waals surface area contributed by atoms with Crippen LogP contribution in [0.15, 0.2) is 118 Å². The quantitative estimate of drug-likeness (QED) is 0.0619. The van der Waals surface area contributed by atoms with Gasteiger partial charge in [0, 0.05) is 142 Å². The van der Waals surface area contributed by atoms with Gasteiger partial charge in [0.1, 0.15) is 64.8 Å². The van der Waals surface area contributed by atoms with Crippen molar-refractivity contribution >= 4 is 41.8 Å². The molecule has 3 saturated carbocycles. The van der Waals surface area contributed by atoms with Crippen LogP contribution in [-0.2, 0) is 50.7 Å². The lowest BCUT2D eigenvalue weighted by Gasteiger charge is -2.43. The van der Waals surface area contributed by atoms with Crippen LogP contribution in [0.2, 0.25) is 0 Å². The van der Waals surface area contributed by atoms with Gasteiger partial charge in [-0.25, -0.2) is 57.5 Å². The van der Waals surface area contributed by atoms with Gasteiger partial charge in [0.25, 0.3) is 47.3 Å². The molecular formula is C72H57F15N8O14. The number of carbonyl (C=O) groups excluding carboxylic acids is 6. The van der Waals surface area contributed by atoms with Crippen LogP contribution >= 0.6 is 0 Å². The fourth-order valence-corrected chi connectivity index (χ4v) is 16.2. The molecule has 3 unspecified atom stereocenters. The molecule has 4 aromatic carbocycles. The van der Waals surface area contributed by atoms with Crippen LogP contribution in [0.5, 0.6) is 17.2 Å². The molecule has 3 aliphatic carbocycles. The van der Waals surface area contributed by atoms with E-state index >= 15 is 0 Å². The number of nitrogens with one attached hydrogen (secondary N) is 2. The Kier molecular flexibility index (Phi) is 19.7. The van der Waals surface area contributed by atoms with Gasteiger partial charge in [0.05, 0.1) is 18.1 Å². The Bertz CT molecular complexity index is 5070. The van der Waals surface area contributed by atoms with E-state index in [-0.39, 0.29) is 69.2 Å². The maximum absolute atomic E-state index is 14.6. The van der Waals surface area contributed by atoms with Crippen molar-refractivity contribution in [2.45, 2.75) is 145 Å². The Labute approximate surface area is 602 Å².